The number of esters is 1. The third-order valence-corrected chi connectivity index (χ3v) is 9.27. The third-order valence-electron chi connectivity index (χ3n) is 9.27. The summed E-state index contributed by atoms with van der Waals surface area (Å²) in [4.78, 5) is 12.9. The van der Waals surface area contributed by atoms with Crippen LogP contribution in [0.3, 0.4) is 0 Å². The molecule has 4 heterocycles. The number of aliphatic hydroxyl groups is 3. The summed E-state index contributed by atoms with van der Waals surface area (Å²) in [6, 6.07) is 0. The van der Waals surface area contributed by atoms with Crippen molar-refractivity contribution in [1.82, 2.24) is 0 Å². The van der Waals surface area contributed by atoms with Crippen molar-refractivity contribution in [3.63, 3.8) is 0 Å². The van der Waals surface area contributed by atoms with Gasteiger partial charge in [0, 0.05) is 17.8 Å². The van der Waals surface area contributed by atoms with Crippen molar-refractivity contribution >= 4 is 5.97 Å². The lowest BCUT2D eigenvalue weighted by Gasteiger charge is -2.66. The van der Waals surface area contributed by atoms with E-state index < -0.39 is 40.6 Å². The molecule has 3 N–H and O–H groups in total. The maximum atomic E-state index is 12.9. The highest BCUT2D eigenvalue weighted by Gasteiger charge is 2.80. The number of hydrogen-bond donors (Lipinski definition) is 3. The summed E-state index contributed by atoms with van der Waals surface area (Å²) >= 11 is 0. The van der Waals surface area contributed by atoms with Crippen molar-refractivity contribution in [2.24, 2.45) is 28.1 Å². The average Bonchev–Trinajstić information content (AvgIpc) is 3.05. The number of ether oxygens (including phenoxy) is 3. The van der Waals surface area contributed by atoms with E-state index in [4.69, 9.17) is 14.2 Å². The Hall–Kier alpha value is -0.990. The minimum atomic E-state index is -1.56. The maximum absolute atomic E-state index is 12.9. The van der Waals surface area contributed by atoms with Crippen LogP contribution in [0.15, 0.2) is 11.6 Å². The lowest BCUT2D eigenvalue weighted by Crippen LogP contribution is -2.73. The van der Waals surface area contributed by atoms with Crippen molar-refractivity contribution in [1.29, 1.82) is 0 Å². The quantitative estimate of drug-likeness (QED) is 0.416. The number of aliphatic hydroxyl groups excluding tert-OH is 1. The Labute approximate surface area is 157 Å². The highest BCUT2D eigenvalue weighted by Crippen LogP contribution is 2.73. The van der Waals surface area contributed by atoms with Crippen LogP contribution in [0, 0.1) is 28.1 Å². The first kappa shape index (κ1) is 16.9. The smallest absolute Gasteiger partial charge is 0.318 e. The minimum Gasteiger partial charge on any atom is -0.457 e. The van der Waals surface area contributed by atoms with Gasteiger partial charge >= 0.3 is 5.97 Å². The molecule has 7 aliphatic rings. The second-order valence-electron chi connectivity index (χ2n) is 9.96. The molecule has 27 heavy (non-hydrogen) atoms. The summed E-state index contributed by atoms with van der Waals surface area (Å²) in [5.41, 5.74) is -1.54. The molecule has 9 atom stereocenters. The average molecular weight is 378 g/mol. The largest absolute Gasteiger partial charge is 0.457 e. The summed E-state index contributed by atoms with van der Waals surface area (Å²) in [5, 5.41) is 33.2. The molecule has 6 fully saturated rings. The number of carbonyl (C=O) groups excluding carboxylic acids is 1. The molecule has 0 unspecified atom stereocenters. The Morgan fingerprint density at radius 1 is 1.15 bits per heavy atom. The zero-order valence-corrected chi connectivity index (χ0v) is 15.6. The molecular formula is C20H26O7. The van der Waals surface area contributed by atoms with Gasteiger partial charge in [0.25, 0.3) is 0 Å². The van der Waals surface area contributed by atoms with E-state index >= 15 is 0 Å². The van der Waals surface area contributed by atoms with Crippen molar-refractivity contribution < 1.29 is 34.3 Å². The predicted molar refractivity (Wildman–Crippen MR) is 89.9 cm³/mol. The van der Waals surface area contributed by atoms with E-state index in [0.29, 0.717) is 25.9 Å². The molecule has 4 aliphatic heterocycles. The normalized spacial score (nSPS) is 63.1. The van der Waals surface area contributed by atoms with Gasteiger partial charge in [-0.3, -0.25) is 4.79 Å². The molecule has 1 spiro atoms. The number of fused-ring (bicyclic) bond motifs is 5. The van der Waals surface area contributed by atoms with Gasteiger partial charge in [0.05, 0.1) is 24.7 Å². The molecule has 0 amide bonds. The molecule has 7 nitrogen and oxygen atoms in total. The van der Waals surface area contributed by atoms with Crippen LogP contribution in [0.1, 0.15) is 39.5 Å². The standard InChI is InChI=1S/C20H26O7/c1-16-4-3-10-11(20(16,24)25-8-13(16)21)7-12-14-17(2,15(22)27-12)19(23)6-5-18(10,14)9-26-19/h7,10,12-14,21,23-24H,3-6,8-9H2,1-2H3/t10-,12-,13-,14+,16+,17+,18+,19+,20+/m1/s1. The van der Waals surface area contributed by atoms with Crippen LogP contribution >= 0.6 is 0 Å². The Bertz CT molecular complexity index is 783. The van der Waals surface area contributed by atoms with Gasteiger partial charge in [-0.15, -0.1) is 0 Å². The molecule has 2 bridgehead atoms. The molecular weight excluding hydrogens is 352 g/mol. The summed E-state index contributed by atoms with van der Waals surface area (Å²) in [6.45, 7) is 4.07. The molecule has 0 radical (unpaired) electrons. The van der Waals surface area contributed by atoms with Crippen LogP contribution in [-0.4, -0.2) is 58.3 Å². The minimum absolute atomic E-state index is 0.0270. The third kappa shape index (κ3) is 1.47. The first-order valence-electron chi connectivity index (χ1n) is 9.96. The first-order chi connectivity index (χ1) is 12.6. The molecule has 3 aliphatic carbocycles. The molecule has 7 heteroatoms. The summed E-state index contributed by atoms with van der Waals surface area (Å²) in [5.74, 6) is -3.69. The number of hydrogen-bond acceptors (Lipinski definition) is 7. The molecule has 7 rings (SSSR count). The van der Waals surface area contributed by atoms with E-state index in [0.717, 1.165) is 12.0 Å². The van der Waals surface area contributed by atoms with Crippen molar-refractivity contribution in [2.45, 2.75) is 63.3 Å². The highest BCUT2D eigenvalue weighted by molar-refractivity contribution is 5.82. The van der Waals surface area contributed by atoms with Gasteiger partial charge in [0.15, 0.2) is 11.6 Å². The Morgan fingerprint density at radius 3 is 2.63 bits per heavy atom. The number of carbonyl (C=O) groups is 1. The zero-order valence-electron chi connectivity index (χ0n) is 15.6. The van der Waals surface area contributed by atoms with Gasteiger partial charge in [0.1, 0.15) is 11.5 Å². The van der Waals surface area contributed by atoms with Crippen molar-refractivity contribution in [2.75, 3.05) is 13.2 Å². The Balaban J connectivity index is 1.57. The van der Waals surface area contributed by atoms with Crippen LogP contribution in [0.5, 0.6) is 0 Å². The van der Waals surface area contributed by atoms with E-state index in [1.807, 2.05) is 13.0 Å². The van der Waals surface area contributed by atoms with E-state index in [1.54, 1.807) is 6.92 Å². The van der Waals surface area contributed by atoms with E-state index in [2.05, 4.69) is 0 Å². The molecule has 0 aromatic carbocycles. The first-order valence-corrected chi connectivity index (χ1v) is 9.96. The molecule has 0 aromatic heterocycles. The lowest BCUT2D eigenvalue weighted by molar-refractivity contribution is -0.370. The highest BCUT2D eigenvalue weighted by atomic mass is 16.6. The Morgan fingerprint density at radius 2 is 1.93 bits per heavy atom. The fourth-order valence-electron chi connectivity index (χ4n) is 7.51. The van der Waals surface area contributed by atoms with Crippen LogP contribution in [0.2, 0.25) is 0 Å². The van der Waals surface area contributed by atoms with E-state index in [9.17, 15) is 20.1 Å². The SMILES string of the molecule is C[C@@]12CC[C@@H]3C(=C[C@H]4OC(=O)[C@]5(C)[C@H]4[C@]34CC[C@]5(O)OC4)[C@]1(O)OC[C@H]2O. The van der Waals surface area contributed by atoms with Gasteiger partial charge in [-0.05, 0) is 43.8 Å². The monoisotopic (exact) mass is 378 g/mol. The number of rotatable bonds is 0. The second kappa shape index (κ2) is 4.44. The van der Waals surface area contributed by atoms with Crippen LogP contribution in [-0.2, 0) is 19.0 Å². The molecule has 0 aromatic rings. The fraction of sp³-hybridized carbons (Fsp3) is 0.850. The fourth-order valence-corrected chi connectivity index (χ4v) is 7.51. The van der Waals surface area contributed by atoms with Gasteiger partial charge in [-0.1, -0.05) is 6.92 Å². The second-order valence-corrected chi connectivity index (χ2v) is 9.96. The topological polar surface area (TPSA) is 105 Å². The Kier molecular flexibility index (Phi) is 2.78. The van der Waals surface area contributed by atoms with Crippen LogP contribution in [0.4, 0.5) is 0 Å². The van der Waals surface area contributed by atoms with Crippen LogP contribution < -0.4 is 0 Å². The van der Waals surface area contributed by atoms with Gasteiger partial charge < -0.3 is 29.5 Å². The van der Waals surface area contributed by atoms with Crippen LogP contribution in [0.25, 0.3) is 0 Å². The summed E-state index contributed by atoms with van der Waals surface area (Å²) in [6.07, 6.45) is 3.09. The zero-order chi connectivity index (χ0) is 19.0. The van der Waals surface area contributed by atoms with Gasteiger partial charge in [-0.25, -0.2) is 0 Å². The molecule has 148 valence electrons. The summed E-state index contributed by atoms with van der Waals surface area (Å²) < 4.78 is 17.5. The summed E-state index contributed by atoms with van der Waals surface area (Å²) in [7, 11) is 0. The lowest BCUT2D eigenvalue weighted by atomic mass is 9.41. The molecule has 2 saturated carbocycles. The van der Waals surface area contributed by atoms with E-state index in [-0.39, 0.29) is 23.9 Å². The van der Waals surface area contributed by atoms with E-state index in [1.165, 1.54) is 0 Å². The van der Waals surface area contributed by atoms with Crippen molar-refractivity contribution in [3.05, 3.63) is 11.6 Å². The predicted octanol–water partition coefficient (Wildman–Crippen LogP) is 0.469. The maximum Gasteiger partial charge on any atom is 0.318 e. The van der Waals surface area contributed by atoms with Gasteiger partial charge in [-0.2, -0.15) is 0 Å². The van der Waals surface area contributed by atoms with Gasteiger partial charge in [0.2, 0.25) is 0 Å². The van der Waals surface area contributed by atoms with Crippen molar-refractivity contribution in [3.8, 4) is 0 Å². The molecule has 4 saturated heterocycles.